The van der Waals surface area contributed by atoms with Crippen LogP contribution in [0, 0.1) is 5.92 Å². The van der Waals surface area contributed by atoms with Crippen molar-refractivity contribution in [1.29, 1.82) is 0 Å². The van der Waals surface area contributed by atoms with E-state index in [1.54, 1.807) is 11.3 Å². The summed E-state index contributed by atoms with van der Waals surface area (Å²) in [5, 5.41) is 17.1. The molecule has 0 bridgehead atoms. The summed E-state index contributed by atoms with van der Waals surface area (Å²) in [6.07, 6.45) is 2.16. The summed E-state index contributed by atoms with van der Waals surface area (Å²) in [5.41, 5.74) is 3.81. The van der Waals surface area contributed by atoms with E-state index in [0.29, 0.717) is 12.5 Å². The molecule has 3 nitrogen and oxygen atoms in total. The summed E-state index contributed by atoms with van der Waals surface area (Å²) < 4.78 is 0. The van der Waals surface area contributed by atoms with Gasteiger partial charge in [0.2, 0.25) is 0 Å². The first-order valence-electron chi connectivity index (χ1n) is 7.56. The second-order valence-corrected chi connectivity index (χ2v) is 6.40. The van der Waals surface area contributed by atoms with Crippen LogP contribution in [0.15, 0.2) is 41.1 Å². The summed E-state index contributed by atoms with van der Waals surface area (Å²) in [7, 11) is 0. The Kier molecular flexibility index (Phi) is 4.78. The van der Waals surface area contributed by atoms with Gasteiger partial charge in [-0.1, -0.05) is 12.1 Å². The molecule has 3 rings (SSSR count). The van der Waals surface area contributed by atoms with Crippen molar-refractivity contribution in [2.45, 2.75) is 19.4 Å². The lowest BCUT2D eigenvalue weighted by Crippen LogP contribution is -2.35. The minimum atomic E-state index is 0.325. The number of hydrogen-bond acceptors (Lipinski definition) is 4. The monoisotopic (exact) mass is 302 g/mol. The first kappa shape index (κ1) is 14.4. The molecule has 21 heavy (non-hydrogen) atoms. The number of para-hydroxylation sites is 2. The molecule has 4 heteroatoms. The van der Waals surface area contributed by atoms with E-state index in [1.807, 2.05) is 0 Å². The van der Waals surface area contributed by atoms with E-state index in [4.69, 9.17) is 0 Å². The number of anilines is 2. The van der Waals surface area contributed by atoms with Crippen molar-refractivity contribution >= 4 is 22.7 Å². The van der Waals surface area contributed by atoms with Crippen LogP contribution in [-0.2, 0) is 6.54 Å². The zero-order valence-corrected chi connectivity index (χ0v) is 13.0. The Hall–Kier alpha value is -1.52. The van der Waals surface area contributed by atoms with E-state index in [-0.39, 0.29) is 0 Å². The number of nitrogens with zero attached hydrogens (tertiary/aromatic N) is 1. The van der Waals surface area contributed by atoms with Crippen LogP contribution in [0.25, 0.3) is 0 Å². The quantitative estimate of drug-likeness (QED) is 0.886. The van der Waals surface area contributed by atoms with Crippen molar-refractivity contribution in [3.05, 3.63) is 46.7 Å². The van der Waals surface area contributed by atoms with Crippen LogP contribution in [-0.4, -0.2) is 24.8 Å². The fourth-order valence-electron chi connectivity index (χ4n) is 2.85. The molecule has 1 aromatic heterocycles. The highest BCUT2D eigenvalue weighted by Crippen LogP contribution is 2.30. The van der Waals surface area contributed by atoms with E-state index < -0.39 is 0 Å². The van der Waals surface area contributed by atoms with Gasteiger partial charge in [-0.3, -0.25) is 0 Å². The highest BCUT2D eigenvalue weighted by molar-refractivity contribution is 7.07. The molecule has 1 fully saturated rings. The Balaban J connectivity index is 1.67. The molecule has 1 saturated heterocycles. The van der Waals surface area contributed by atoms with Crippen molar-refractivity contribution in [3.63, 3.8) is 0 Å². The van der Waals surface area contributed by atoms with Gasteiger partial charge in [0.1, 0.15) is 0 Å². The van der Waals surface area contributed by atoms with Crippen LogP contribution in [0.3, 0.4) is 0 Å². The van der Waals surface area contributed by atoms with Gasteiger partial charge >= 0.3 is 0 Å². The molecule has 2 heterocycles. The van der Waals surface area contributed by atoms with E-state index >= 15 is 0 Å². The first-order valence-corrected chi connectivity index (χ1v) is 8.51. The third-order valence-corrected chi connectivity index (χ3v) is 4.91. The lowest BCUT2D eigenvalue weighted by atomic mass is 9.97. The number of benzene rings is 1. The van der Waals surface area contributed by atoms with Crippen molar-refractivity contribution in [1.82, 2.24) is 0 Å². The zero-order valence-electron chi connectivity index (χ0n) is 12.2. The summed E-state index contributed by atoms with van der Waals surface area (Å²) in [4.78, 5) is 2.43. The number of hydrogen-bond donors (Lipinski definition) is 2. The van der Waals surface area contributed by atoms with Gasteiger partial charge in [0, 0.05) is 26.2 Å². The number of aliphatic hydroxyl groups excluding tert-OH is 1. The third kappa shape index (κ3) is 3.57. The highest BCUT2D eigenvalue weighted by atomic mass is 32.1. The standard InChI is InChI=1S/C17H22N2OS/c20-12-14-5-8-19(9-6-14)17-4-2-1-3-16(17)18-11-15-7-10-21-13-15/h1-4,7,10,13-14,18,20H,5-6,8-9,11-12H2. The minimum Gasteiger partial charge on any atom is -0.396 e. The van der Waals surface area contributed by atoms with Gasteiger partial charge in [0.25, 0.3) is 0 Å². The molecule has 112 valence electrons. The molecule has 0 spiro atoms. The largest absolute Gasteiger partial charge is 0.396 e. The second-order valence-electron chi connectivity index (χ2n) is 5.62. The second kappa shape index (κ2) is 6.96. The van der Waals surface area contributed by atoms with Gasteiger partial charge in [0.05, 0.1) is 11.4 Å². The minimum absolute atomic E-state index is 0.325. The number of thiophene rings is 1. The molecule has 0 atom stereocenters. The lowest BCUT2D eigenvalue weighted by molar-refractivity contribution is 0.203. The molecular weight excluding hydrogens is 280 g/mol. The molecule has 2 N–H and O–H groups in total. The first-order chi connectivity index (χ1) is 10.4. The fourth-order valence-corrected chi connectivity index (χ4v) is 3.51. The zero-order chi connectivity index (χ0) is 14.5. The van der Waals surface area contributed by atoms with Crippen LogP contribution in [0.1, 0.15) is 18.4 Å². The molecule has 0 aliphatic carbocycles. The molecular formula is C17H22N2OS. The summed E-state index contributed by atoms with van der Waals surface area (Å²) in [6.45, 7) is 3.25. The van der Waals surface area contributed by atoms with Crippen molar-refractivity contribution in [3.8, 4) is 0 Å². The number of piperidine rings is 1. The Bertz CT molecular complexity index is 548. The molecule has 1 aromatic carbocycles. The molecule has 1 aliphatic rings. The predicted molar refractivity (Wildman–Crippen MR) is 90.1 cm³/mol. The Morgan fingerprint density at radius 2 is 2.00 bits per heavy atom. The van der Waals surface area contributed by atoms with Crippen LogP contribution in [0.5, 0.6) is 0 Å². The van der Waals surface area contributed by atoms with E-state index in [9.17, 15) is 5.11 Å². The number of aliphatic hydroxyl groups is 1. The van der Waals surface area contributed by atoms with Gasteiger partial charge in [-0.2, -0.15) is 11.3 Å². The Morgan fingerprint density at radius 3 is 2.71 bits per heavy atom. The Morgan fingerprint density at radius 1 is 1.19 bits per heavy atom. The maximum atomic E-state index is 9.26. The van der Waals surface area contributed by atoms with Crippen molar-refractivity contribution < 1.29 is 5.11 Å². The van der Waals surface area contributed by atoms with Gasteiger partial charge in [-0.25, -0.2) is 0 Å². The average molecular weight is 302 g/mol. The Labute approximate surface area is 130 Å². The van der Waals surface area contributed by atoms with E-state index in [2.05, 4.69) is 51.3 Å². The van der Waals surface area contributed by atoms with Crippen molar-refractivity contribution in [2.24, 2.45) is 5.92 Å². The summed E-state index contributed by atoms with van der Waals surface area (Å²) in [6, 6.07) is 10.7. The van der Waals surface area contributed by atoms with Gasteiger partial charge in [0.15, 0.2) is 0 Å². The van der Waals surface area contributed by atoms with Crippen LogP contribution < -0.4 is 10.2 Å². The molecule has 0 unspecified atom stereocenters. The van der Waals surface area contributed by atoms with Gasteiger partial charge in [-0.05, 0) is 53.3 Å². The molecule has 2 aromatic rings. The van der Waals surface area contributed by atoms with Gasteiger partial charge in [-0.15, -0.1) is 0 Å². The number of nitrogens with one attached hydrogen (secondary N) is 1. The van der Waals surface area contributed by atoms with E-state index in [0.717, 1.165) is 32.5 Å². The third-order valence-electron chi connectivity index (χ3n) is 4.18. The smallest absolute Gasteiger partial charge is 0.0602 e. The average Bonchev–Trinajstić information content (AvgIpc) is 3.07. The lowest BCUT2D eigenvalue weighted by Gasteiger charge is -2.34. The maximum absolute atomic E-state index is 9.26. The van der Waals surface area contributed by atoms with Crippen LogP contribution in [0.4, 0.5) is 11.4 Å². The fraction of sp³-hybridized carbons (Fsp3) is 0.412. The topological polar surface area (TPSA) is 35.5 Å². The molecule has 0 saturated carbocycles. The van der Waals surface area contributed by atoms with Crippen LogP contribution in [0.2, 0.25) is 0 Å². The maximum Gasteiger partial charge on any atom is 0.0602 e. The van der Waals surface area contributed by atoms with Gasteiger partial charge < -0.3 is 15.3 Å². The predicted octanol–water partition coefficient (Wildman–Crippen LogP) is 3.57. The summed E-state index contributed by atoms with van der Waals surface area (Å²) in [5.74, 6) is 0.479. The number of rotatable bonds is 5. The van der Waals surface area contributed by atoms with E-state index in [1.165, 1.54) is 16.9 Å². The normalized spacial score (nSPS) is 16.1. The summed E-state index contributed by atoms with van der Waals surface area (Å²) >= 11 is 1.74. The van der Waals surface area contributed by atoms with Crippen molar-refractivity contribution in [2.75, 3.05) is 29.9 Å². The highest BCUT2D eigenvalue weighted by Gasteiger charge is 2.20. The molecule has 0 radical (unpaired) electrons. The van der Waals surface area contributed by atoms with Crippen LogP contribution >= 0.6 is 11.3 Å². The molecule has 1 aliphatic heterocycles. The molecule has 0 amide bonds. The SMILES string of the molecule is OCC1CCN(c2ccccc2NCc2ccsc2)CC1.